The van der Waals surface area contributed by atoms with Crippen LogP contribution in [-0.4, -0.2) is 35.7 Å². The van der Waals surface area contributed by atoms with Gasteiger partial charge >= 0.3 is 0 Å². The minimum absolute atomic E-state index is 0.0328. The molecule has 0 aliphatic carbocycles. The number of amides is 3. The molecule has 3 aromatic carbocycles. The summed E-state index contributed by atoms with van der Waals surface area (Å²) in [6, 6.07) is 20.7. The molecule has 0 bridgehead atoms. The van der Waals surface area contributed by atoms with Crippen LogP contribution in [0.3, 0.4) is 0 Å². The third-order valence-electron chi connectivity index (χ3n) is 6.04. The summed E-state index contributed by atoms with van der Waals surface area (Å²) in [4.78, 5) is 39.8. The summed E-state index contributed by atoms with van der Waals surface area (Å²) in [7, 11) is 0. The highest BCUT2D eigenvalue weighted by Gasteiger charge is 2.29. The molecule has 6 heteroatoms. The lowest BCUT2D eigenvalue weighted by Gasteiger charge is -2.32. The molecule has 1 fully saturated rings. The first kappa shape index (κ1) is 22.5. The van der Waals surface area contributed by atoms with Crippen molar-refractivity contribution < 1.29 is 14.4 Å². The number of piperidine rings is 1. The number of benzene rings is 3. The van der Waals surface area contributed by atoms with Crippen LogP contribution in [0, 0.1) is 11.8 Å². The van der Waals surface area contributed by atoms with E-state index in [2.05, 4.69) is 10.6 Å². The number of carbonyl (C=O) groups is 3. The van der Waals surface area contributed by atoms with E-state index in [1.807, 2.05) is 56.3 Å². The van der Waals surface area contributed by atoms with Gasteiger partial charge in [-0.15, -0.1) is 0 Å². The lowest BCUT2D eigenvalue weighted by atomic mass is 9.95. The number of carbonyl (C=O) groups excluding carboxylic acids is 3. The monoisotopic (exact) mass is 443 g/mol. The maximum atomic E-state index is 13.3. The molecular weight excluding hydrogens is 414 g/mol. The minimum atomic E-state index is -0.266. The summed E-state index contributed by atoms with van der Waals surface area (Å²) in [5, 5.41) is 7.75. The number of nitrogens with one attached hydrogen (secondary N) is 2. The van der Waals surface area contributed by atoms with E-state index in [-0.39, 0.29) is 29.6 Å². The number of nitrogens with zero attached hydrogens (tertiary/aromatic N) is 1. The molecular formula is C27H29N3O3. The quantitative estimate of drug-likeness (QED) is 0.587. The van der Waals surface area contributed by atoms with Gasteiger partial charge in [-0.1, -0.05) is 50.2 Å². The predicted molar refractivity (Wildman–Crippen MR) is 131 cm³/mol. The Kier molecular flexibility index (Phi) is 6.73. The normalized spacial score (nSPS) is 16.0. The van der Waals surface area contributed by atoms with Gasteiger partial charge in [0, 0.05) is 35.9 Å². The van der Waals surface area contributed by atoms with E-state index in [0.29, 0.717) is 30.0 Å². The van der Waals surface area contributed by atoms with Crippen LogP contribution in [0.1, 0.15) is 37.0 Å². The van der Waals surface area contributed by atoms with Crippen molar-refractivity contribution in [2.45, 2.75) is 26.7 Å². The standard InChI is InChI=1S/C27H29N3O3/c1-18(2)25(31)28-21-12-14-22(15-13-21)29-26(32)20-9-6-16-30(17-20)27(33)24-11-5-8-19-7-3-4-10-23(19)24/h3-5,7-8,10-15,18,20H,6,9,16-17H2,1-2H3,(H,28,31)(H,29,32). The summed E-state index contributed by atoms with van der Waals surface area (Å²) in [6.07, 6.45) is 1.53. The highest BCUT2D eigenvalue weighted by atomic mass is 16.2. The smallest absolute Gasteiger partial charge is 0.254 e. The molecule has 170 valence electrons. The second kappa shape index (κ2) is 9.86. The molecule has 6 nitrogen and oxygen atoms in total. The Hall–Kier alpha value is -3.67. The average Bonchev–Trinajstić information content (AvgIpc) is 2.84. The van der Waals surface area contributed by atoms with E-state index in [0.717, 1.165) is 23.6 Å². The molecule has 1 saturated heterocycles. The van der Waals surface area contributed by atoms with Gasteiger partial charge in [-0.2, -0.15) is 0 Å². The lowest BCUT2D eigenvalue weighted by Crippen LogP contribution is -2.43. The molecule has 3 aromatic rings. The molecule has 4 rings (SSSR count). The van der Waals surface area contributed by atoms with Crippen molar-refractivity contribution >= 4 is 39.9 Å². The first-order valence-corrected chi connectivity index (χ1v) is 11.4. The van der Waals surface area contributed by atoms with Crippen molar-refractivity contribution in [2.24, 2.45) is 11.8 Å². The van der Waals surface area contributed by atoms with E-state index in [9.17, 15) is 14.4 Å². The van der Waals surface area contributed by atoms with Gasteiger partial charge in [0.15, 0.2) is 0 Å². The summed E-state index contributed by atoms with van der Waals surface area (Å²) in [6.45, 7) is 4.72. The molecule has 1 unspecified atom stereocenters. The van der Waals surface area contributed by atoms with Gasteiger partial charge in [0.2, 0.25) is 11.8 Å². The van der Waals surface area contributed by atoms with E-state index in [4.69, 9.17) is 0 Å². The van der Waals surface area contributed by atoms with Gasteiger partial charge in [-0.25, -0.2) is 0 Å². The molecule has 1 aliphatic rings. The molecule has 0 spiro atoms. The average molecular weight is 444 g/mol. The minimum Gasteiger partial charge on any atom is -0.338 e. The second-order valence-electron chi connectivity index (χ2n) is 8.83. The molecule has 0 aromatic heterocycles. The number of rotatable bonds is 5. The van der Waals surface area contributed by atoms with Gasteiger partial charge in [0.1, 0.15) is 0 Å². The fourth-order valence-electron chi connectivity index (χ4n) is 4.13. The molecule has 0 saturated carbocycles. The summed E-state index contributed by atoms with van der Waals surface area (Å²) in [5.74, 6) is -0.544. The van der Waals surface area contributed by atoms with Crippen LogP contribution in [0.15, 0.2) is 66.7 Å². The number of anilines is 2. The maximum Gasteiger partial charge on any atom is 0.254 e. The third kappa shape index (κ3) is 5.22. The fraction of sp³-hybridized carbons (Fsp3) is 0.296. The first-order chi connectivity index (χ1) is 15.9. The van der Waals surface area contributed by atoms with Crippen LogP contribution in [0.25, 0.3) is 10.8 Å². The van der Waals surface area contributed by atoms with Gasteiger partial charge in [-0.3, -0.25) is 14.4 Å². The SMILES string of the molecule is CC(C)C(=O)Nc1ccc(NC(=O)C2CCCN(C(=O)c3cccc4ccccc34)C2)cc1. The molecule has 33 heavy (non-hydrogen) atoms. The maximum absolute atomic E-state index is 13.3. The van der Waals surface area contributed by atoms with E-state index in [1.54, 1.807) is 29.2 Å². The summed E-state index contributed by atoms with van der Waals surface area (Å²) < 4.78 is 0. The van der Waals surface area contributed by atoms with Crippen molar-refractivity contribution in [1.29, 1.82) is 0 Å². The predicted octanol–water partition coefficient (Wildman–Crippen LogP) is 4.93. The van der Waals surface area contributed by atoms with Crippen molar-refractivity contribution in [2.75, 3.05) is 23.7 Å². The summed E-state index contributed by atoms with van der Waals surface area (Å²) >= 11 is 0. The number of fused-ring (bicyclic) bond motifs is 1. The molecule has 1 atom stereocenters. The Morgan fingerprint density at radius 3 is 2.27 bits per heavy atom. The van der Waals surface area contributed by atoms with Gasteiger partial charge in [-0.05, 0) is 53.9 Å². The van der Waals surface area contributed by atoms with Crippen molar-refractivity contribution in [3.8, 4) is 0 Å². The Morgan fingerprint density at radius 1 is 0.879 bits per heavy atom. The van der Waals surface area contributed by atoms with Crippen LogP contribution in [0.2, 0.25) is 0 Å². The van der Waals surface area contributed by atoms with Gasteiger partial charge < -0.3 is 15.5 Å². The Bertz CT molecular complexity index is 1170. The van der Waals surface area contributed by atoms with Crippen LogP contribution >= 0.6 is 0 Å². The molecule has 2 N–H and O–H groups in total. The molecule has 0 radical (unpaired) electrons. The molecule has 1 aliphatic heterocycles. The largest absolute Gasteiger partial charge is 0.338 e. The zero-order valence-electron chi connectivity index (χ0n) is 19.0. The number of hydrogen-bond donors (Lipinski definition) is 2. The topological polar surface area (TPSA) is 78.5 Å². The van der Waals surface area contributed by atoms with Crippen molar-refractivity contribution in [3.63, 3.8) is 0 Å². The van der Waals surface area contributed by atoms with E-state index >= 15 is 0 Å². The van der Waals surface area contributed by atoms with E-state index < -0.39 is 0 Å². The summed E-state index contributed by atoms with van der Waals surface area (Å²) in [5.41, 5.74) is 2.03. The first-order valence-electron chi connectivity index (χ1n) is 11.4. The van der Waals surface area contributed by atoms with Crippen molar-refractivity contribution in [3.05, 3.63) is 72.3 Å². The zero-order chi connectivity index (χ0) is 23.4. The molecule has 1 heterocycles. The van der Waals surface area contributed by atoms with Gasteiger partial charge in [0.25, 0.3) is 5.91 Å². The van der Waals surface area contributed by atoms with Crippen LogP contribution in [0.4, 0.5) is 11.4 Å². The molecule has 3 amide bonds. The Balaban J connectivity index is 1.40. The van der Waals surface area contributed by atoms with Crippen molar-refractivity contribution in [1.82, 2.24) is 4.90 Å². The highest BCUT2D eigenvalue weighted by molar-refractivity contribution is 6.07. The third-order valence-corrected chi connectivity index (χ3v) is 6.04. The van der Waals surface area contributed by atoms with E-state index in [1.165, 1.54) is 0 Å². The van der Waals surface area contributed by atoms with Crippen LogP contribution < -0.4 is 10.6 Å². The lowest BCUT2D eigenvalue weighted by molar-refractivity contribution is -0.121. The van der Waals surface area contributed by atoms with Crippen LogP contribution in [-0.2, 0) is 9.59 Å². The number of hydrogen-bond acceptors (Lipinski definition) is 3. The Morgan fingerprint density at radius 2 is 1.55 bits per heavy atom. The highest BCUT2D eigenvalue weighted by Crippen LogP contribution is 2.24. The zero-order valence-corrected chi connectivity index (χ0v) is 19.0. The van der Waals surface area contributed by atoms with Crippen LogP contribution in [0.5, 0.6) is 0 Å². The van der Waals surface area contributed by atoms with Gasteiger partial charge in [0.05, 0.1) is 5.92 Å². The Labute approximate surface area is 194 Å². The number of likely N-dealkylation sites (tertiary alicyclic amines) is 1. The fourth-order valence-corrected chi connectivity index (χ4v) is 4.13. The second-order valence-corrected chi connectivity index (χ2v) is 8.83.